The predicted molar refractivity (Wildman–Crippen MR) is 44.5 cm³/mol. The molecule has 0 aliphatic heterocycles. The van der Waals surface area contributed by atoms with E-state index in [0.717, 1.165) is 0 Å². The fraction of sp³-hybridized carbons (Fsp3) is 0.222. The van der Waals surface area contributed by atoms with Crippen LogP contribution in [-0.4, -0.2) is 16.0 Å². The first-order chi connectivity index (χ1) is 5.54. The van der Waals surface area contributed by atoms with Crippen molar-refractivity contribution in [2.45, 2.75) is 13.8 Å². The lowest BCUT2D eigenvalue weighted by Gasteiger charge is -2.04. The Hall–Kier alpha value is -1.51. The lowest BCUT2D eigenvalue weighted by molar-refractivity contribution is 0.101. The van der Waals surface area contributed by atoms with E-state index in [-0.39, 0.29) is 22.8 Å². The van der Waals surface area contributed by atoms with Gasteiger partial charge in [-0.2, -0.15) is 0 Å². The van der Waals surface area contributed by atoms with Gasteiger partial charge in [0, 0.05) is 5.56 Å². The molecule has 64 valence electrons. The van der Waals surface area contributed by atoms with E-state index >= 15 is 0 Å². The Bertz CT molecular complexity index is 329. The largest absolute Gasteiger partial charge is 0.508 e. The molecule has 0 spiro atoms. The zero-order chi connectivity index (χ0) is 9.30. The number of phenolic OH excluding ortho intramolecular Hbond substituents is 2. The van der Waals surface area contributed by atoms with Crippen molar-refractivity contribution in [2.75, 3.05) is 0 Å². The zero-order valence-electron chi connectivity index (χ0n) is 6.96. The smallest absolute Gasteiger partial charge is 0.163 e. The van der Waals surface area contributed by atoms with Crippen molar-refractivity contribution in [1.82, 2.24) is 0 Å². The van der Waals surface area contributed by atoms with Crippen molar-refractivity contribution in [2.24, 2.45) is 0 Å². The third-order valence-electron chi connectivity index (χ3n) is 1.78. The van der Waals surface area contributed by atoms with Crippen LogP contribution < -0.4 is 0 Å². The van der Waals surface area contributed by atoms with Gasteiger partial charge in [0.15, 0.2) is 5.78 Å². The van der Waals surface area contributed by atoms with E-state index in [9.17, 15) is 9.90 Å². The molecule has 2 N–H and O–H groups in total. The van der Waals surface area contributed by atoms with Gasteiger partial charge in [0.1, 0.15) is 11.5 Å². The zero-order valence-corrected chi connectivity index (χ0v) is 6.96. The number of ketones is 1. The summed E-state index contributed by atoms with van der Waals surface area (Å²) in [6.45, 7) is 2.92. The van der Waals surface area contributed by atoms with Crippen LogP contribution in [0.4, 0.5) is 0 Å². The van der Waals surface area contributed by atoms with E-state index in [4.69, 9.17) is 5.11 Å². The summed E-state index contributed by atoms with van der Waals surface area (Å²) in [4.78, 5) is 10.9. The molecule has 0 aliphatic rings. The average Bonchev–Trinajstić information content (AvgIpc) is 2.00. The summed E-state index contributed by atoms with van der Waals surface area (Å²) in [5.74, 6) is -0.351. The van der Waals surface area contributed by atoms with Crippen LogP contribution in [0.25, 0.3) is 0 Å². The minimum Gasteiger partial charge on any atom is -0.508 e. The minimum absolute atomic E-state index is 0.00231. The quantitative estimate of drug-likeness (QED) is 0.623. The van der Waals surface area contributed by atoms with Crippen LogP contribution in [0.15, 0.2) is 12.1 Å². The molecule has 0 heterocycles. The van der Waals surface area contributed by atoms with Crippen molar-refractivity contribution < 1.29 is 15.0 Å². The van der Waals surface area contributed by atoms with Gasteiger partial charge in [-0.1, -0.05) is 0 Å². The molecule has 0 bridgehead atoms. The first-order valence-corrected chi connectivity index (χ1v) is 3.56. The van der Waals surface area contributed by atoms with Gasteiger partial charge in [-0.05, 0) is 26.0 Å². The second kappa shape index (κ2) is 2.85. The molecule has 0 atom stereocenters. The highest BCUT2D eigenvalue weighted by Crippen LogP contribution is 2.29. The molecule has 0 unspecified atom stereocenters. The van der Waals surface area contributed by atoms with Crippen LogP contribution in [0.1, 0.15) is 22.8 Å². The number of benzene rings is 1. The summed E-state index contributed by atoms with van der Waals surface area (Å²) in [7, 11) is 0. The summed E-state index contributed by atoms with van der Waals surface area (Å²) in [6, 6.07) is 2.80. The van der Waals surface area contributed by atoms with Crippen LogP contribution in [-0.2, 0) is 0 Å². The van der Waals surface area contributed by atoms with Gasteiger partial charge in [0.25, 0.3) is 0 Å². The summed E-state index contributed by atoms with van der Waals surface area (Å²) < 4.78 is 0. The van der Waals surface area contributed by atoms with Crippen LogP contribution in [0.2, 0.25) is 0 Å². The predicted octanol–water partition coefficient (Wildman–Crippen LogP) is 1.61. The molecule has 0 fully saturated rings. The van der Waals surface area contributed by atoms with Crippen molar-refractivity contribution in [3.63, 3.8) is 0 Å². The van der Waals surface area contributed by atoms with Crippen LogP contribution in [0.5, 0.6) is 11.5 Å². The Kier molecular flexibility index (Phi) is 2.04. The number of Topliss-reactive ketones (excluding diaryl/α,β-unsaturated/α-hetero) is 1. The van der Waals surface area contributed by atoms with Gasteiger partial charge in [-0.25, -0.2) is 0 Å². The number of hydrogen-bond acceptors (Lipinski definition) is 3. The van der Waals surface area contributed by atoms with Gasteiger partial charge in [-0.3, -0.25) is 4.79 Å². The number of carbonyl (C=O) groups excluding carboxylic acids is 1. The lowest BCUT2D eigenvalue weighted by atomic mass is 10.1. The van der Waals surface area contributed by atoms with Crippen LogP contribution in [0.3, 0.4) is 0 Å². The Balaban J connectivity index is 3.36. The molecule has 0 aliphatic carbocycles. The molecule has 0 radical (unpaired) electrons. The molecule has 0 saturated carbocycles. The molecule has 0 saturated heterocycles. The third kappa shape index (κ3) is 1.25. The molecule has 1 aromatic rings. The van der Waals surface area contributed by atoms with Crippen molar-refractivity contribution in [3.8, 4) is 11.5 Å². The van der Waals surface area contributed by atoms with E-state index in [0.29, 0.717) is 5.56 Å². The molecular weight excluding hydrogens is 156 g/mol. The van der Waals surface area contributed by atoms with E-state index in [1.807, 2.05) is 0 Å². The topological polar surface area (TPSA) is 57.5 Å². The highest BCUT2D eigenvalue weighted by atomic mass is 16.3. The maximum Gasteiger partial charge on any atom is 0.163 e. The lowest BCUT2D eigenvalue weighted by Crippen LogP contribution is -1.93. The SMILES string of the molecule is CC(=O)c1ccc(O)c(C)c1O. The first kappa shape index (κ1) is 8.59. The normalized spacial score (nSPS) is 9.83. The standard InChI is InChI=1S/C9H10O3/c1-5-8(11)4-3-7(6(2)10)9(5)12/h3-4,11-12H,1-2H3. The third-order valence-corrected chi connectivity index (χ3v) is 1.78. The minimum atomic E-state index is -0.212. The maximum absolute atomic E-state index is 10.9. The van der Waals surface area contributed by atoms with Gasteiger partial charge in [0.2, 0.25) is 0 Å². The summed E-state index contributed by atoms with van der Waals surface area (Å²) in [5.41, 5.74) is 0.577. The number of rotatable bonds is 1. The van der Waals surface area contributed by atoms with Gasteiger partial charge < -0.3 is 10.2 Å². The average molecular weight is 166 g/mol. The Morgan fingerprint density at radius 3 is 2.42 bits per heavy atom. The highest BCUT2D eigenvalue weighted by molar-refractivity contribution is 5.97. The molecule has 3 nitrogen and oxygen atoms in total. The van der Waals surface area contributed by atoms with Crippen molar-refractivity contribution in [3.05, 3.63) is 23.3 Å². The molecule has 12 heavy (non-hydrogen) atoms. The summed E-state index contributed by atoms with van der Waals surface area (Å²) in [5, 5.41) is 18.5. The molecule has 0 amide bonds. The van der Waals surface area contributed by atoms with E-state index < -0.39 is 0 Å². The van der Waals surface area contributed by atoms with E-state index in [1.165, 1.54) is 19.1 Å². The Morgan fingerprint density at radius 2 is 1.92 bits per heavy atom. The second-order valence-electron chi connectivity index (χ2n) is 2.66. The second-order valence-corrected chi connectivity index (χ2v) is 2.66. The number of aromatic hydroxyl groups is 2. The molecular formula is C9H10O3. The first-order valence-electron chi connectivity index (χ1n) is 3.56. The maximum atomic E-state index is 10.9. The van der Waals surface area contributed by atoms with Gasteiger partial charge >= 0.3 is 0 Å². The summed E-state index contributed by atoms with van der Waals surface area (Å²) >= 11 is 0. The fourth-order valence-electron chi connectivity index (χ4n) is 0.974. The number of phenols is 2. The monoisotopic (exact) mass is 166 g/mol. The van der Waals surface area contributed by atoms with Crippen LogP contribution >= 0.6 is 0 Å². The molecule has 1 rings (SSSR count). The van der Waals surface area contributed by atoms with Crippen molar-refractivity contribution in [1.29, 1.82) is 0 Å². The van der Waals surface area contributed by atoms with Gasteiger partial charge in [0.05, 0.1) is 5.56 Å². The molecule has 1 aromatic carbocycles. The summed E-state index contributed by atoms with van der Waals surface area (Å²) in [6.07, 6.45) is 0. The number of hydrogen-bond donors (Lipinski definition) is 2. The van der Waals surface area contributed by atoms with E-state index in [1.54, 1.807) is 6.92 Å². The Labute approximate surface area is 70.3 Å². The number of carbonyl (C=O) groups is 1. The Morgan fingerprint density at radius 1 is 1.33 bits per heavy atom. The van der Waals surface area contributed by atoms with Crippen LogP contribution in [0, 0.1) is 6.92 Å². The van der Waals surface area contributed by atoms with Gasteiger partial charge in [-0.15, -0.1) is 0 Å². The van der Waals surface area contributed by atoms with Crippen molar-refractivity contribution >= 4 is 5.78 Å². The molecule has 0 aromatic heterocycles. The highest BCUT2D eigenvalue weighted by Gasteiger charge is 2.10. The van der Waals surface area contributed by atoms with E-state index in [2.05, 4.69) is 0 Å². The fourth-order valence-corrected chi connectivity index (χ4v) is 0.974. The molecule has 3 heteroatoms.